The molecule has 39 heavy (non-hydrogen) atoms. The summed E-state index contributed by atoms with van der Waals surface area (Å²) in [6.45, 7) is 12.3. The average molecular weight is 526 g/mol. The topological polar surface area (TPSA) is 67.1 Å². The lowest BCUT2D eigenvalue weighted by Gasteiger charge is -2.11. The van der Waals surface area contributed by atoms with Gasteiger partial charge in [0, 0.05) is 25.0 Å². The lowest BCUT2D eigenvalue weighted by Crippen LogP contribution is -2.14. The summed E-state index contributed by atoms with van der Waals surface area (Å²) in [4.78, 5) is 11.2. The summed E-state index contributed by atoms with van der Waals surface area (Å²) in [5.74, 6) is 0.599. The highest BCUT2D eigenvalue weighted by Gasteiger charge is 2.07. The number of benzene rings is 2. The molecule has 0 bridgehead atoms. The van der Waals surface area contributed by atoms with Crippen LogP contribution in [0.3, 0.4) is 0 Å². The summed E-state index contributed by atoms with van der Waals surface area (Å²) in [5.41, 5.74) is 15.0. The molecule has 0 amide bonds. The number of likely N-dealkylation sites (N-methyl/N-ethyl adjacent to an activating group) is 1. The van der Waals surface area contributed by atoms with Crippen LogP contribution in [-0.4, -0.2) is 35.5 Å². The molecule has 5 heteroatoms. The van der Waals surface area contributed by atoms with Gasteiger partial charge in [0.05, 0.1) is 5.69 Å². The van der Waals surface area contributed by atoms with E-state index in [0.29, 0.717) is 12.5 Å². The molecule has 0 saturated carbocycles. The van der Waals surface area contributed by atoms with E-state index in [1.807, 2.05) is 37.3 Å². The van der Waals surface area contributed by atoms with Crippen LogP contribution in [0, 0.1) is 13.8 Å². The van der Waals surface area contributed by atoms with Crippen LogP contribution in [0.25, 0.3) is 11.3 Å². The number of allylic oxidation sites excluding steroid dienone is 3. The number of aromatic nitrogens is 2. The first kappa shape index (κ1) is 31.5. The molecule has 0 atom stereocenters. The van der Waals surface area contributed by atoms with Gasteiger partial charge in [0.1, 0.15) is 0 Å². The van der Waals surface area contributed by atoms with Gasteiger partial charge in [0.25, 0.3) is 0 Å². The van der Waals surface area contributed by atoms with Crippen molar-refractivity contribution in [2.75, 3.05) is 26.0 Å². The van der Waals surface area contributed by atoms with Gasteiger partial charge in [0.15, 0.2) is 0 Å². The van der Waals surface area contributed by atoms with Crippen LogP contribution in [0.2, 0.25) is 0 Å². The largest absolute Gasteiger partial charge is 0.398 e. The van der Waals surface area contributed by atoms with Crippen LogP contribution in [0.4, 0.5) is 5.95 Å². The molecule has 0 saturated heterocycles. The Morgan fingerprint density at radius 1 is 1.00 bits per heavy atom. The van der Waals surface area contributed by atoms with Crippen LogP contribution < -0.4 is 11.1 Å². The summed E-state index contributed by atoms with van der Waals surface area (Å²) in [6.07, 6.45) is 12.1. The number of nitrogens with one attached hydrogen (secondary N) is 1. The fourth-order valence-electron chi connectivity index (χ4n) is 3.94. The maximum atomic E-state index is 6.35. The first-order valence-electron chi connectivity index (χ1n) is 13.9. The van der Waals surface area contributed by atoms with Crippen molar-refractivity contribution >= 4 is 17.2 Å². The van der Waals surface area contributed by atoms with Crippen molar-refractivity contribution in [3.05, 3.63) is 113 Å². The molecule has 0 unspecified atom stereocenters. The Morgan fingerprint density at radius 2 is 1.72 bits per heavy atom. The van der Waals surface area contributed by atoms with Crippen LogP contribution in [0.15, 0.2) is 84.6 Å². The zero-order valence-corrected chi connectivity index (χ0v) is 25.0. The normalized spacial score (nSPS) is 12.3. The molecule has 1 aromatic heterocycles. The van der Waals surface area contributed by atoms with E-state index in [4.69, 9.17) is 5.73 Å². The van der Waals surface area contributed by atoms with Gasteiger partial charge in [-0.25, -0.2) is 9.97 Å². The molecular formula is C34H47N5. The Balaban J connectivity index is 0.000000349. The van der Waals surface area contributed by atoms with Crippen LogP contribution in [-0.2, 0) is 6.54 Å². The second kappa shape index (κ2) is 17.0. The molecular weight excluding hydrogens is 478 g/mol. The first-order chi connectivity index (χ1) is 18.7. The summed E-state index contributed by atoms with van der Waals surface area (Å²) in [7, 11) is 4.22. The van der Waals surface area contributed by atoms with Gasteiger partial charge in [-0.15, -0.1) is 0 Å². The Kier molecular flexibility index (Phi) is 13.7. The fraction of sp³-hybridized carbons (Fsp3) is 0.353. The maximum Gasteiger partial charge on any atom is 0.223 e. The number of nitrogens with two attached hydrogens (primary N) is 1. The molecule has 3 rings (SSSR count). The van der Waals surface area contributed by atoms with Gasteiger partial charge in [-0.05, 0) is 81.6 Å². The van der Waals surface area contributed by atoms with Gasteiger partial charge >= 0.3 is 0 Å². The highest BCUT2D eigenvalue weighted by molar-refractivity contribution is 5.87. The molecule has 0 radical (unpaired) electrons. The van der Waals surface area contributed by atoms with Gasteiger partial charge in [-0.1, -0.05) is 92.6 Å². The first-order valence-corrected chi connectivity index (χ1v) is 13.9. The standard InChI is InChI=1S/C22H24N4.C12H23N/c1-15-8-10-18(11-9-15)21(23)17(3)20-12-13-24-22(26-20)25-14-19-7-5-4-6-16(19)2;1-5-7-8-10-12(9-6-2)11-13(3)4/h4-13H,14,23H2,1-3H3,(H,24,25,26);8-10H,5-7,11H2,1-4H3/b21-17+;10-8-,12-9+. The lowest BCUT2D eigenvalue weighted by molar-refractivity contribution is 0.448. The molecule has 0 aliphatic heterocycles. The van der Waals surface area contributed by atoms with Crippen LogP contribution in [0.1, 0.15) is 68.0 Å². The number of aryl methyl sites for hydroxylation is 2. The number of rotatable bonds is 11. The molecule has 0 aliphatic carbocycles. The van der Waals surface area contributed by atoms with Crippen LogP contribution >= 0.6 is 0 Å². The summed E-state index contributed by atoms with van der Waals surface area (Å²) in [6, 6.07) is 18.4. The molecule has 5 nitrogen and oxygen atoms in total. The van der Waals surface area contributed by atoms with Crippen molar-refractivity contribution < 1.29 is 0 Å². The number of unbranched alkanes of at least 4 members (excludes halogenated alkanes) is 1. The number of hydrogen-bond donors (Lipinski definition) is 2. The van der Waals surface area contributed by atoms with Crippen molar-refractivity contribution in [3.8, 4) is 0 Å². The molecule has 0 spiro atoms. The predicted octanol–water partition coefficient (Wildman–Crippen LogP) is 7.79. The molecule has 3 N–H and O–H groups in total. The number of nitrogens with zero attached hydrogens (tertiary/aromatic N) is 3. The fourth-order valence-corrected chi connectivity index (χ4v) is 3.94. The zero-order chi connectivity index (χ0) is 28.6. The summed E-state index contributed by atoms with van der Waals surface area (Å²) < 4.78 is 0. The van der Waals surface area contributed by atoms with E-state index in [1.54, 1.807) is 6.20 Å². The second-order valence-corrected chi connectivity index (χ2v) is 10.1. The van der Waals surface area contributed by atoms with Crippen molar-refractivity contribution in [1.82, 2.24) is 14.9 Å². The van der Waals surface area contributed by atoms with Crippen molar-refractivity contribution in [2.45, 2.75) is 60.4 Å². The summed E-state index contributed by atoms with van der Waals surface area (Å²) >= 11 is 0. The minimum Gasteiger partial charge on any atom is -0.398 e. The lowest BCUT2D eigenvalue weighted by atomic mass is 10.0. The van der Waals surface area contributed by atoms with E-state index in [2.05, 4.69) is 104 Å². The Labute approximate surface area is 236 Å². The van der Waals surface area contributed by atoms with Crippen LogP contribution in [0.5, 0.6) is 0 Å². The number of anilines is 1. The maximum absolute atomic E-state index is 6.35. The Bertz CT molecular complexity index is 1240. The highest BCUT2D eigenvalue weighted by atomic mass is 15.1. The summed E-state index contributed by atoms with van der Waals surface area (Å²) in [5, 5.41) is 3.30. The number of hydrogen-bond acceptors (Lipinski definition) is 5. The van der Waals surface area contributed by atoms with Gasteiger partial charge in [-0.3, -0.25) is 0 Å². The highest BCUT2D eigenvalue weighted by Crippen LogP contribution is 2.22. The van der Waals surface area contributed by atoms with Crippen molar-refractivity contribution in [2.24, 2.45) is 5.73 Å². The zero-order valence-electron chi connectivity index (χ0n) is 25.0. The third-order valence-electron chi connectivity index (χ3n) is 6.26. The van der Waals surface area contributed by atoms with Crippen molar-refractivity contribution in [3.63, 3.8) is 0 Å². The smallest absolute Gasteiger partial charge is 0.223 e. The Hall–Kier alpha value is -3.70. The predicted molar refractivity (Wildman–Crippen MR) is 169 cm³/mol. The van der Waals surface area contributed by atoms with E-state index < -0.39 is 0 Å². The monoisotopic (exact) mass is 525 g/mol. The molecule has 0 fully saturated rings. The van der Waals surface area contributed by atoms with Gasteiger partial charge in [0.2, 0.25) is 5.95 Å². The Morgan fingerprint density at radius 3 is 2.36 bits per heavy atom. The molecule has 1 heterocycles. The molecule has 0 aliphatic rings. The second-order valence-electron chi connectivity index (χ2n) is 10.1. The van der Waals surface area contributed by atoms with E-state index in [0.717, 1.165) is 35.5 Å². The molecule has 3 aromatic rings. The van der Waals surface area contributed by atoms with E-state index >= 15 is 0 Å². The molecule has 208 valence electrons. The minimum absolute atomic E-state index is 0.599. The minimum atomic E-state index is 0.599. The van der Waals surface area contributed by atoms with E-state index in [9.17, 15) is 0 Å². The molecule has 2 aromatic carbocycles. The SMILES string of the molecule is C/C(=C(\N)c1ccc(C)cc1)c1ccnc(NCc2ccccc2C)n1.CC/C=C(\C=C/CCC)CN(C)C. The van der Waals surface area contributed by atoms with Gasteiger partial charge < -0.3 is 16.0 Å². The van der Waals surface area contributed by atoms with Gasteiger partial charge in [-0.2, -0.15) is 0 Å². The van der Waals surface area contributed by atoms with E-state index in [1.165, 1.54) is 35.1 Å². The third-order valence-corrected chi connectivity index (χ3v) is 6.26. The average Bonchev–Trinajstić information content (AvgIpc) is 2.93. The quantitative estimate of drug-likeness (QED) is 0.250. The third kappa shape index (κ3) is 11.3. The van der Waals surface area contributed by atoms with E-state index in [-0.39, 0.29) is 0 Å². The van der Waals surface area contributed by atoms with Crippen molar-refractivity contribution in [1.29, 1.82) is 0 Å².